The van der Waals surface area contributed by atoms with Gasteiger partial charge < -0.3 is 14.8 Å². The average molecular weight is 328 g/mol. The molecule has 23 heavy (non-hydrogen) atoms. The smallest absolute Gasteiger partial charge is 0.222 e. The first-order valence-corrected chi connectivity index (χ1v) is 9.22. The third-order valence-electron chi connectivity index (χ3n) is 4.41. The van der Waals surface area contributed by atoms with E-state index in [1.54, 1.807) is 0 Å². The van der Waals surface area contributed by atoms with Gasteiger partial charge in [-0.2, -0.15) is 0 Å². The topological polar surface area (TPSA) is 50.8 Å². The van der Waals surface area contributed by atoms with Crippen molar-refractivity contribution in [3.63, 3.8) is 0 Å². The quantitative estimate of drug-likeness (QED) is 0.591. The van der Waals surface area contributed by atoms with E-state index >= 15 is 0 Å². The Morgan fingerprint density at radius 2 is 2.13 bits per heavy atom. The third kappa shape index (κ3) is 9.28. The zero-order valence-corrected chi connectivity index (χ0v) is 15.5. The fourth-order valence-corrected chi connectivity index (χ4v) is 2.57. The molecule has 0 aromatic heterocycles. The fourth-order valence-electron chi connectivity index (χ4n) is 2.57. The van der Waals surface area contributed by atoms with E-state index < -0.39 is 0 Å². The van der Waals surface area contributed by atoms with Crippen LogP contribution in [0.1, 0.15) is 47.0 Å². The van der Waals surface area contributed by atoms with Crippen LogP contribution in [0.4, 0.5) is 0 Å². The van der Waals surface area contributed by atoms with Crippen molar-refractivity contribution in [2.75, 3.05) is 46.0 Å². The molecule has 1 saturated heterocycles. The fraction of sp³-hybridized carbons (Fsp3) is 0.944. The van der Waals surface area contributed by atoms with E-state index in [0.29, 0.717) is 6.54 Å². The molecule has 1 unspecified atom stereocenters. The minimum Gasteiger partial charge on any atom is -0.380 e. The number of hydrogen-bond donors (Lipinski definition) is 1. The highest BCUT2D eigenvalue weighted by Gasteiger charge is 2.21. The second-order valence-corrected chi connectivity index (χ2v) is 7.00. The maximum absolute atomic E-state index is 11.8. The largest absolute Gasteiger partial charge is 0.380 e. The molecule has 5 nitrogen and oxygen atoms in total. The molecule has 0 bridgehead atoms. The molecule has 1 fully saturated rings. The van der Waals surface area contributed by atoms with Crippen LogP contribution in [0.3, 0.4) is 0 Å². The lowest BCUT2D eigenvalue weighted by Gasteiger charge is -2.33. The van der Waals surface area contributed by atoms with E-state index in [-0.39, 0.29) is 17.9 Å². The van der Waals surface area contributed by atoms with Gasteiger partial charge in [0.2, 0.25) is 5.91 Å². The van der Waals surface area contributed by atoms with E-state index in [1.165, 1.54) is 6.42 Å². The molecular formula is C18H36N2O3. The third-order valence-corrected chi connectivity index (χ3v) is 4.41. The van der Waals surface area contributed by atoms with E-state index in [9.17, 15) is 4.79 Å². The van der Waals surface area contributed by atoms with Crippen molar-refractivity contribution in [3.8, 4) is 0 Å². The SMILES string of the molecule is CCC(C)C(=O)NC[C@H]1CN(CCOCCCC(C)C)CCO1. The zero-order chi connectivity index (χ0) is 17.1. The highest BCUT2D eigenvalue weighted by molar-refractivity contribution is 5.78. The van der Waals surface area contributed by atoms with E-state index in [4.69, 9.17) is 9.47 Å². The van der Waals surface area contributed by atoms with Crippen LogP contribution in [-0.2, 0) is 14.3 Å². The number of nitrogens with one attached hydrogen (secondary N) is 1. The Hall–Kier alpha value is -0.650. The van der Waals surface area contributed by atoms with Crippen molar-refractivity contribution in [2.24, 2.45) is 11.8 Å². The maximum atomic E-state index is 11.8. The number of amides is 1. The molecule has 0 aromatic rings. The Labute approximate surface area is 142 Å². The molecule has 1 aliphatic heterocycles. The van der Waals surface area contributed by atoms with Crippen LogP contribution in [0.15, 0.2) is 0 Å². The molecule has 1 N–H and O–H groups in total. The molecule has 136 valence electrons. The number of carbonyl (C=O) groups excluding carboxylic acids is 1. The number of rotatable bonds is 11. The summed E-state index contributed by atoms with van der Waals surface area (Å²) in [5.41, 5.74) is 0. The van der Waals surface area contributed by atoms with Crippen LogP contribution in [0.2, 0.25) is 0 Å². The summed E-state index contributed by atoms with van der Waals surface area (Å²) in [4.78, 5) is 14.2. The highest BCUT2D eigenvalue weighted by Crippen LogP contribution is 2.06. The minimum atomic E-state index is 0.0777. The number of morpholine rings is 1. The first-order valence-electron chi connectivity index (χ1n) is 9.22. The van der Waals surface area contributed by atoms with Crippen molar-refractivity contribution < 1.29 is 14.3 Å². The summed E-state index contributed by atoms with van der Waals surface area (Å²) in [6, 6.07) is 0. The predicted molar refractivity (Wildman–Crippen MR) is 93.5 cm³/mol. The van der Waals surface area contributed by atoms with Gasteiger partial charge in [0.15, 0.2) is 0 Å². The van der Waals surface area contributed by atoms with Crippen molar-refractivity contribution in [2.45, 2.75) is 53.1 Å². The van der Waals surface area contributed by atoms with Crippen molar-refractivity contribution in [1.82, 2.24) is 10.2 Å². The van der Waals surface area contributed by atoms with Gasteiger partial charge in [-0.15, -0.1) is 0 Å². The zero-order valence-electron chi connectivity index (χ0n) is 15.5. The van der Waals surface area contributed by atoms with Gasteiger partial charge in [-0.25, -0.2) is 0 Å². The van der Waals surface area contributed by atoms with Gasteiger partial charge in [-0.05, 0) is 25.2 Å². The molecule has 0 aliphatic carbocycles. The van der Waals surface area contributed by atoms with Gasteiger partial charge >= 0.3 is 0 Å². The predicted octanol–water partition coefficient (Wildman–Crippen LogP) is 2.30. The van der Waals surface area contributed by atoms with Crippen LogP contribution in [0.25, 0.3) is 0 Å². The Morgan fingerprint density at radius 3 is 2.83 bits per heavy atom. The van der Waals surface area contributed by atoms with Crippen molar-refractivity contribution in [3.05, 3.63) is 0 Å². The lowest BCUT2D eigenvalue weighted by molar-refractivity contribution is -0.125. The van der Waals surface area contributed by atoms with Crippen LogP contribution < -0.4 is 5.32 Å². The second-order valence-electron chi connectivity index (χ2n) is 7.00. The lowest BCUT2D eigenvalue weighted by atomic mass is 10.1. The monoisotopic (exact) mass is 328 g/mol. The van der Waals surface area contributed by atoms with Crippen LogP contribution >= 0.6 is 0 Å². The molecule has 0 saturated carbocycles. The number of nitrogens with zero attached hydrogens (tertiary/aromatic N) is 1. The standard InChI is InChI=1S/C18H36N2O3/c1-5-16(4)18(21)19-13-17-14-20(9-12-23-17)8-11-22-10-6-7-15(2)3/h15-17H,5-14H2,1-4H3,(H,19,21)/t16?,17-/m0/s1. The summed E-state index contributed by atoms with van der Waals surface area (Å²) in [5.74, 6) is 0.958. The van der Waals surface area contributed by atoms with Gasteiger partial charge in [0.1, 0.15) is 0 Å². The van der Waals surface area contributed by atoms with Crippen LogP contribution in [-0.4, -0.2) is 62.9 Å². The molecule has 0 aromatic carbocycles. The number of ether oxygens (including phenoxy) is 2. The normalized spacial score (nSPS) is 20.7. The first kappa shape index (κ1) is 20.4. The van der Waals surface area contributed by atoms with Crippen LogP contribution in [0.5, 0.6) is 0 Å². The van der Waals surface area contributed by atoms with E-state index in [0.717, 1.165) is 58.2 Å². The molecule has 0 spiro atoms. The van der Waals surface area contributed by atoms with E-state index in [1.807, 2.05) is 13.8 Å². The van der Waals surface area contributed by atoms with Gasteiger partial charge in [-0.1, -0.05) is 27.7 Å². The summed E-state index contributed by atoms with van der Waals surface area (Å²) < 4.78 is 11.5. The van der Waals surface area contributed by atoms with Crippen molar-refractivity contribution >= 4 is 5.91 Å². The molecule has 5 heteroatoms. The van der Waals surface area contributed by atoms with Gasteiger partial charge in [-0.3, -0.25) is 9.69 Å². The molecule has 1 heterocycles. The molecule has 1 rings (SSSR count). The highest BCUT2D eigenvalue weighted by atomic mass is 16.5. The first-order chi connectivity index (χ1) is 11.0. The van der Waals surface area contributed by atoms with E-state index in [2.05, 4.69) is 24.1 Å². The summed E-state index contributed by atoms with van der Waals surface area (Å²) in [7, 11) is 0. The molecule has 2 atom stereocenters. The maximum Gasteiger partial charge on any atom is 0.222 e. The van der Waals surface area contributed by atoms with Gasteiger partial charge in [0, 0.05) is 38.7 Å². The molecular weight excluding hydrogens is 292 g/mol. The Balaban J connectivity index is 2.11. The van der Waals surface area contributed by atoms with Gasteiger partial charge in [0.25, 0.3) is 0 Å². The van der Waals surface area contributed by atoms with Crippen LogP contribution in [0, 0.1) is 11.8 Å². The second kappa shape index (κ2) is 11.8. The summed E-state index contributed by atoms with van der Waals surface area (Å²) in [6.45, 7) is 14.2. The van der Waals surface area contributed by atoms with Crippen molar-refractivity contribution in [1.29, 1.82) is 0 Å². The minimum absolute atomic E-state index is 0.0777. The Bertz CT molecular complexity index is 323. The van der Waals surface area contributed by atoms with Gasteiger partial charge in [0.05, 0.1) is 19.3 Å². The Morgan fingerprint density at radius 1 is 1.35 bits per heavy atom. The lowest BCUT2D eigenvalue weighted by Crippen LogP contribution is -2.48. The molecule has 1 aliphatic rings. The molecule has 0 radical (unpaired) electrons. The summed E-state index contributed by atoms with van der Waals surface area (Å²) >= 11 is 0. The summed E-state index contributed by atoms with van der Waals surface area (Å²) in [5, 5.41) is 3.00. The number of hydrogen-bond acceptors (Lipinski definition) is 4. The molecule has 1 amide bonds. The number of carbonyl (C=O) groups is 1. The summed E-state index contributed by atoms with van der Waals surface area (Å²) in [6.07, 6.45) is 3.34. The Kier molecular flexibility index (Phi) is 10.5. The average Bonchev–Trinajstić information content (AvgIpc) is 2.55.